The maximum atomic E-state index is 13.2. The van der Waals surface area contributed by atoms with Gasteiger partial charge in [-0.15, -0.1) is 5.10 Å². The molecule has 3 N–H and O–H groups in total. The Labute approximate surface area is 233 Å². The second-order valence-electron chi connectivity index (χ2n) is 8.24. The van der Waals surface area contributed by atoms with Gasteiger partial charge in [0.15, 0.2) is 17.2 Å². The number of hydrogen-bond acceptors (Lipinski definition) is 12. The molecule has 0 fully saturated rings. The van der Waals surface area contributed by atoms with E-state index in [4.69, 9.17) is 26.8 Å². The molecule has 0 unspecified atom stereocenters. The lowest BCUT2D eigenvalue weighted by Gasteiger charge is -2.16. The number of rotatable bonds is 11. The van der Waals surface area contributed by atoms with Crippen molar-refractivity contribution in [3.63, 3.8) is 0 Å². The van der Waals surface area contributed by atoms with Crippen LogP contribution in [-0.4, -0.2) is 68.5 Å². The minimum atomic E-state index is -0.605. The van der Waals surface area contributed by atoms with Gasteiger partial charge in [-0.25, -0.2) is 14.8 Å². The van der Waals surface area contributed by atoms with Crippen LogP contribution >= 0.6 is 11.6 Å². The number of amides is 1. The highest BCUT2D eigenvalue weighted by Gasteiger charge is 2.25. The second-order valence-corrected chi connectivity index (χ2v) is 8.67. The normalized spacial score (nSPS) is 11.2. The molecule has 0 spiro atoms. The molecule has 208 valence electrons. The molecule has 40 heavy (non-hydrogen) atoms. The monoisotopic (exact) mass is 567 g/mol. The predicted octanol–water partition coefficient (Wildman–Crippen LogP) is 2.72. The Bertz CT molecular complexity index is 1510. The first kappa shape index (κ1) is 28.2. The van der Waals surface area contributed by atoms with Gasteiger partial charge in [0.25, 0.3) is 5.91 Å². The van der Waals surface area contributed by atoms with E-state index < -0.39 is 11.9 Å². The minimum absolute atomic E-state index is 0.0286. The highest BCUT2D eigenvalue weighted by molar-refractivity contribution is 6.30. The molecule has 4 rings (SSSR count). The summed E-state index contributed by atoms with van der Waals surface area (Å²) >= 11 is 5.87. The average molecular weight is 568 g/mol. The Morgan fingerprint density at radius 1 is 1.15 bits per heavy atom. The molecule has 0 aliphatic heterocycles. The summed E-state index contributed by atoms with van der Waals surface area (Å²) in [5.74, 6) is -0.709. The second kappa shape index (κ2) is 12.8. The summed E-state index contributed by atoms with van der Waals surface area (Å²) in [6, 6.07) is 11.1. The van der Waals surface area contributed by atoms with Gasteiger partial charge >= 0.3 is 5.97 Å². The zero-order chi connectivity index (χ0) is 28.6. The Balaban J connectivity index is 1.51. The molecule has 0 aliphatic carbocycles. The zero-order valence-electron chi connectivity index (χ0n) is 21.9. The largest absolute Gasteiger partial charge is 0.493 e. The van der Waals surface area contributed by atoms with Gasteiger partial charge in [0.1, 0.15) is 5.69 Å². The quantitative estimate of drug-likeness (QED) is 0.118. The van der Waals surface area contributed by atoms with Crippen LogP contribution in [-0.2, 0) is 6.54 Å². The van der Waals surface area contributed by atoms with E-state index in [2.05, 4.69) is 40.7 Å². The topological polar surface area (TPSA) is 176 Å². The van der Waals surface area contributed by atoms with E-state index in [1.165, 1.54) is 13.3 Å². The molecule has 0 aliphatic rings. The molecule has 15 heteroatoms. The molecule has 2 aromatic heterocycles. The summed E-state index contributed by atoms with van der Waals surface area (Å²) in [7, 11) is 1.44. The van der Waals surface area contributed by atoms with Crippen LogP contribution in [0.3, 0.4) is 0 Å². The van der Waals surface area contributed by atoms with Gasteiger partial charge in [0, 0.05) is 11.6 Å². The summed E-state index contributed by atoms with van der Waals surface area (Å²) in [4.78, 5) is 27.7. The van der Waals surface area contributed by atoms with E-state index in [9.17, 15) is 9.59 Å². The number of nitrogens with two attached hydrogens (primary N) is 1. The first-order valence-electron chi connectivity index (χ1n) is 12.1. The fourth-order valence-electron chi connectivity index (χ4n) is 3.60. The summed E-state index contributed by atoms with van der Waals surface area (Å²) < 4.78 is 16.6. The number of nitrogens with zero attached hydrogens (tertiary/aromatic N) is 7. The predicted molar refractivity (Wildman–Crippen MR) is 145 cm³/mol. The van der Waals surface area contributed by atoms with Gasteiger partial charge in [-0.05, 0) is 71.4 Å². The number of methoxy groups -OCH3 is 1. The molecule has 0 saturated heterocycles. The third-order valence-corrected chi connectivity index (χ3v) is 6.02. The van der Waals surface area contributed by atoms with E-state index in [1.54, 1.807) is 42.5 Å². The molecule has 0 atom stereocenters. The van der Waals surface area contributed by atoms with Gasteiger partial charge in [-0.3, -0.25) is 9.69 Å². The van der Waals surface area contributed by atoms with Crippen LogP contribution < -0.4 is 20.6 Å². The van der Waals surface area contributed by atoms with Crippen molar-refractivity contribution in [2.45, 2.75) is 20.4 Å². The highest BCUT2D eigenvalue weighted by Crippen LogP contribution is 2.28. The number of carbonyl (C=O) groups is 2. The minimum Gasteiger partial charge on any atom is -0.493 e. The van der Waals surface area contributed by atoms with Crippen molar-refractivity contribution in [1.29, 1.82) is 0 Å². The molecular formula is C25H26ClN9O5. The lowest BCUT2D eigenvalue weighted by atomic mass is 10.2. The van der Waals surface area contributed by atoms with Crippen molar-refractivity contribution < 1.29 is 23.7 Å². The smallest absolute Gasteiger partial charge is 0.343 e. The zero-order valence-corrected chi connectivity index (χ0v) is 22.6. The van der Waals surface area contributed by atoms with Gasteiger partial charge in [-0.2, -0.15) is 9.78 Å². The van der Waals surface area contributed by atoms with Crippen molar-refractivity contribution in [3.05, 3.63) is 70.0 Å². The van der Waals surface area contributed by atoms with Crippen molar-refractivity contribution in [2.24, 2.45) is 5.10 Å². The number of ether oxygens (including phenoxy) is 2. The molecule has 1 amide bonds. The molecule has 0 radical (unpaired) electrons. The van der Waals surface area contributed by atoms with E-state index >= 15 is 0 Å². The molecule has 0 bridgehead atoms. The van der Waals surface area contributed by atoms with E-state index in [-0.39, 0.29) is 28.8 Å². The molecule has 4 aromatic rings. The van der Waals surface area contributed by atoms with Crippen LogP contribution in [0.25, 0.3) is 5.82 Å². The van der Waals surface area contributed by atoms with E-state index in [0.717, 1.165) is 17.8 Å². The van der Waals surface area contributed by atoms with Crippen molar-refractivity contribution in [3.8, 4) is 17.3 Å². The van der Waals surface area contributed by atoms with Crippen LogP contribution in [0.1, 0.15) is 46.0 Å². The SMILES string of the molecule is CCN(CC)Cc1nnn(-c2nonc2N)c1C(=O)N/N=C/c1ccc(OC(=O)c2ccc(Cl)cc2)c(OC)c1. The van der Waals surface area contributed by atoms with E-state index in [1.807, 2.05) is 13.8 Å². The first-order chi connectivity index (χ1) is 19.3. The maximum Gasteiger partial charge on any atom is 0.343 e. The van der Waals surface area contributed by atoms with Crippen LogP contribution in [0, 0.1) is 0 Å². The lowest BCUT2D eigenvalue weighted by molar-refractivity contribution is 0.0729. The number of halogens is 1. The molecule has 0 saturated carbocycles. The number of aromatic nitrogens is 5. The Morgan fingerprint density at radius 3 is 2.55 bits per heavy atom. The van der Waals surface area contributed by atoms with Gasteiger partial charge in [-0.1, -0.05) is 30.7 Å². The number of nitrogens with one attached hydrogen (secondary N) is 1. The first-order valence-corrected chi connectivity index (χ1v) is 12.5. The van der Waals surface area contributed by atoms with Crippen LogP contribution in [0.2, 0.25) is 5.02 Å². The number of anilines is 1. The lowest BCUT2D eigenvalue weighted by Crippen LogP contribution is -2.27. The fraction of sp³-hybridized carbons (Fsp3) is 0.240. The molecule has 14 nitrogen and oxygen atoms in total. The average Bonchev–Trinajstić information content (AvgIpc) is 3.57. The van der Waals surface area contributed by atoms with Gasteiger partial charge in [0.2, 0.25) is 11.6 Å². The summed E-state index contributed by atoms with van der Waals surface area (Å²) in [5.41, 5.74) is 9.65. The summed E-state index contributed by atoms with van der Waals surface area (Å²) in [6.45, 7) is 5.83. The Kier molecular flexibility index (Phi) is 9.04. The number of carbonyl (C=O) groups excluding carboxylic acids is 2. The molecular weight excluding hydrogens is 542 g/mol. The molecule has 2 aromatic carbocycles. The van der Waals surface area contributed by atoms with Crippen LogP contribution in [0.5, 0.6) is 11.5 Å². The summed E-state index contributed by atoms with van der Waals surface area (Å²) in [5, 5.41) is 20.0. The Morgan fingerprint density at radius 2 is 1.90 bits per heavy atom. The van der Waals surface area contributed by atoms with Gasteiger partial charge < -0.3 is 15.2 Å². The number of nitrogen functional groups attached to an aromatic ring is 1. The number of benzene rings is 2. The maximum absolute atomic E-state index is 13.2. The summed E-state index contributed by atoms with van der Waals surface area (Å²) in [6.07, 6.45) is 1.40. The van der Waals surface area contributed by atoms with Crippen LogP contribution in [0.4, 0.5) is 5.82 Å². The standard InChI is InChI=1S/C25H26ClN9O5/c1-4-34(5-2)14-18-21(35(33-29-18)23-22(27)31-40-32-23)24(36)30-28-13-15-6-11-19(20(12-15)38-3)39-25(37)16-7-9-17(26)10-8-16/h6-13H,4-5,14H2,1-3H3,(H2,27,31)(H,30,36)/b28-13+. The van der Waals surface area contributed by atoms with Crippen LogP contribution in [0.15, 0.2) is 52.2 Å². The molecule has 2 heterocycles. The third kappa shape index (κ3) is 6.42. The van der Waals surface area contributed by atoms with Gasteiger partial charge in [0.05, 0.1) is 18.9 Å². The van der Waals surface area contributed by atoms with Crippen molar-refractivity contribution in [1.82, 2.24) is 35.6 Å². The Hall–Kier alpha value is -4.82. The highest BCUT2D eigenvalue weighted by atomic mass is 35.5. The fourth-order valence-corrected chi connectivity index (χ4v) is 3.73. The number of hydrazone groups is 1. The van der Waals surface area contributed by atoms with E-state index in [0.29, 0.717) is 28.4 Å². The van der Waals surface area contributed by atoms with Crippen molar-refractivity contribution in [2.75, 3.05) is 25.9 Å². The third-order valence-electron chi connectivity index (χ3n) is 5.77. The number of esters is 1. The number of hydrogen-bond donors (Lipinski definition) is 2. The van der Waals surface area contributed by atoms with Crippen molar-refractivity contribution >= 4 is 35.5 Å².